The van der Waals surface area contributed by atoms with Gasteiger partial charge in [-0.3, -0.25) is 14.6 Å². The highest BCUT2D eigenvalue weighted by molar-refractivity contribution is 7.09. The van der Waals surface area contributed by atoms with Crippen molar-refractivity contribution in [2.75, 3.05) is 19.6 Å². The van der Waals surface area contributed by atoms with Crippen molar-refractivity contribution in [1.29, 1.82) is 0 Å². The monoisotopic (exact) mass is 633 g/mol. The van der Waals surface area contributed by atoms with Crippen LogP contribution >= 0.6 is 11.3 Å². The van der Waals surface area contributed by atoms with E-state index in [0.29, 0.717) is 31.6 Å². The summed E-state index contributed by atoms with van der Waals surface area (Å²) < 4.78 is 24.2. The highest BCUT2D eigenvalue weighted by Crippen LogP contribution is 2.30. The molecule has 9 nitrogen and oxygen atoms in total. The third kappa shape index (κ3) is 8.21. The van der Waals surface area contributed by atoms with Crippen molar-refractivity contribution >= 4 is 40.0 Å². The summed E-state index contributed by atoms with van der Waals surface area (Å²) in [4.78, 5) is 50.0. The van der Waals surface area contributed by atoms with Crippen molar-refractivity contribution in [3.63, 3.8) is 0 Å². The van der Waals surface area contributed by atoms with Crippen LogP contribution in [0.3, 0.4) is 0 Å². The molecule has 3 aliphatic rings. The molecule has 2 saturated carbocycles. The molecule has 1 aromatic carbocycles. The largest absolute Gasteiger partial charge is 0.415 e. The van der Waals surface area contributed by atoms with E-state index in [-0.39, 0.29) is 31.4 Å². The Hall–Kier alpha value is -3.50. The maximum absolute atomic E-state index is 14.5. The van der Waals surface area contributed by atoms with E-state index in [2.05, 4.69) is 15.6 Å². The maximum atomic E-state index is 14.5. The molecular formula is C35H45N5O4S. The minimum atomic E-state index is -0.949. The minimum absolute atomic E-state index is 0.0270. The molecular weight excluding hydrogens is 586 g/mol. The SMILES string of the molecule is [2H]C1(C[C@H](NC2([2H])CCCCC2)C(=O)N2CCN(C(=O)Oc3ccc4ccncc4c3)C[C@H]2C(=O)NCc2cccs2)CCCCC1. The Balaban J connectivity index is 1.22. The molecule has 240 valence electrons. The van der Waals surface area contributed by atoms with Gasteiger partial charge in [-0.1, -0.05) is 63.5 Å². The third-order valence-electron chi connectivity index (χ3n) is 9.25. The van der Waals surface area contributed by atoms with Crippen LogP contribution in [0.4, 0.5) is 4.79 Å². The first-order chi connectivity index (χ1) is 22.7. The van der Waals surface area contributed by atoms with Gasteiger partial charge in [-0.25, -0.2) is 4.79 Å². The summed E-state index contributed by atoms with van der Waals surface area (Å²) in [5.41, 5.74) is 0. The maximum Gasteiger partial charge on any atom is 0.415 e. The zero-order chi connectivity index (χ0) is 32.9. The average molecular weight is 634 g/mol. The van der Waals surface area contributed by atoms with E-state index < -0.39 is 30.1 Å². The molecule has 3 aromatic rings. The zero-order valence-corrected chi connectivity index (χ0v) is 26.7. The number of hydrogen-bond acceptors (Lipinski definition) is 7. The summed E-state index contributed by atoms with van der Waals surface area (Å²) in [6.07, 6.45) is 11.8. The van der Waals surface area contributed by atoms with E-state index in [1.807, 2.05) is 29.6 Å². The van der Waals surface area contributed by atoms with E-state index in [1.165, 1.54) is 16.2 Å². The molecule has 10 heteroatoms. The molecule has 0 spiro atoms. The van der Waals surface area contributed by atoms with Gasteiger partial charge < -0.3 is 25.2 Å². The molecule has 6 rings (SSSR count). The molecule has 45 heavy (non-hydrogen) atoms. The summed E-state index contributed by atoms with van der Waals surface area (Å²) >= 11 is 1.53. The van der Waals surface area contributed by atoms with E-state index in [0.717, 1.165) is 67.0 Å². The van der Waals surface area contributed by atoms with Gasteiger partial charge in [-0.2, -0.15) is 0 Å². The van der Waals surface area contributed by atoms with Gasteiger partial charge in [0.2, 0.25) is 11.8 Å². The Labute approximate surface area is 272 Å². The van der Waals surface area contributed by atoms with Gasteiger partial charge in [0.1, 0.15) is 11.8 Å². The van der Waals surface area contributed by atoms with Gasteiger partial charge in [0.15, 0.2) is 0 Å². The smallest absolute Gasteiger partial charge is 0.410 e. The zero-order valence-electron chi connectivity index (χ0n) is 27.8. The van der Waals surface area contributed by atoms with Crippen LogP contribution in [0.5, 0.6) is 5.75 Å². The lowest BCUT2D eigenvalue weighted by atomic mass is 9.83. The Kier molecular flexibility index (Phi) is 9.77. The second-order valence-electron chi connectivity index (χ2n) is 12.4. The van der Waals surface area contributed by atoms with Gasteiger partial charge in [-0.15, -0.1) is 11.3 Å². The van der Waals surface area contributed by atoms with Crippen LogP contribution in [0.25, 0.3) is 10.8 Å². The molecule has 2 aromatic heterocycles. The second-order valence-corrected chi connectivity index (χ2v) is 13.5. The van der Waals surface area contributed by atoms with Crippen molar-refractivity contribution in [1.82, 2.24) is 25.4 Å². The van der Waals surface area contributed by atoms with Gasteiger partial charge in [0.05, 0.1) is 19.1 Å². The van der Waals surface area contributed by atoms with Crippen LogP contribution < -0.4 is 15.4 Å². The van der Waals surface area contributed by atoms with E-state index in [4.69, 9.17) is 4.74 Å². The lowest BCUT2D eigenvalue weighted by molar-refractivity contribution is -0.145. The van der Waals surface area contributed by atoms with E-state index in [9.17, 15) is 17.1 Å². The first-order valence-electron chi connectivity index (χ1n) is 17.4. The Morgan fingerprint density at radius 3 is 2.58 bits per heavy atom. The van der Waals surface area contributed by atoms with Gasteiger partial charge >= 0.3 is 6.09 Å². The normalized spacial score (nSPS) is 22.6. The summed E-state index contributed by atoms with van der Waals surface area (Å²) in [7, 11) is 0. The van der Waals surface area contributed by atoms with Crippen molar-refractivity contribution in [3.05, 3.63) is 59.0 Å². The summed E-state index contributed by atoms with van der Waals surface area (Å²) in [6.45, 7) is 0.624. The van der Waals surface area contributed by atoms with Crippen LogP contribution in [-0.4, -0.2) is 70.4 Å². The fraction of sp³-hybridized carbons (Fsp3) is 0.543. The van der Waals surface area contributed by atoms with Gasteiger partial charge in [-0.05, 0) is 60.2 Å². The molecule has 0 bridgehead atoms. The van der Waals surface area contributed by atoms with Crippen molar-refractivity contribution in [2.45, 2.75) is 95.3 Å². The molecule has 3 heterocycles. The van der Waals surface area contributed by atoms with Gasteiger partial charge in [0, 0.05) is 44.5 Å². The van der Waals surface area contributed by atoms with Crippen molar-refractivity contribution < 1.29 is 21.9 Å². The quantitative estimate of drug-likeness (QED) is 0.305. The number of thiophene rings is 1. The number of carbonyl (C=O) groups is 3. The first kappa shape index (κ1) is 28.9. The lowest BCUT2D eigenvalue weighted by Crippen LogP contribution is -2.64. The fourth-order valence-electron chi connectivity index (χ4n) is 6.75. The van der Waals surface area contributed by atoms with Crippen LogP contribution in [0.15, 0.2) is 54.2 Å². The van der Waals surface area contributed by atoms with Crippen LogP contribution in [-0.2, 0) is 16.1 Å². The number of rotatable bonds is 9. The predicted octanol–water partition coefficient (Wildman–Crippen LogP) is 5.89. The number of aromatic nitrogens is 1. The number of pyridine rings is 1. The Bertz CT molecular complexity index is 1520. The molecule has 3 amide bonds. The number of benzene rings is 1. The lowest BCUT2D eigenvalue weighted by Gasteiger charge is -2.42. The molecule has 3 fully saturated rings. The molecule has 0 radical (unpaired) electrons. The summed E-state index contributed by atoms with van der Waals surface area (Å²) in [5.74, 6) is -1.01. The number of fused-ring (bicyclic) bond motifs is 1. The number of carbonyl (C=O) groups excluding carboxylic acids is 3. The molecule has 1 aliphatic heterocycles. The first-order valence-corrected chi connectivity index (χ1v) is 17.3. The number of hydrogen-bond donors (Lipinski definition) is 2. The third-order valence-corrected chi connectivity index (χ3v) is 10.1. The molecule has 0 unspecified atom stereocenters. The Morgan fingerprint density at radius 1 is 1.00 bits per heavy atom. The number of ether oxygens (including phenoxy) is 1. The van der Waals surface area contributed by atoms with Crippen LogP contribution in [0.2, 0.25) is 0 Å². The highest BCUT2D eigenvalue weighted by Gasteiger charge is 2.41. The topological polar surface area (TPSA) is 104 Å². The molecule has 1 saturated heterocycles. The van der Waals surface area contributed by atoms with Crippen LogP contribution in [0, 0.1) is 5.89 Å². The fourth-order valence-corrected chi connectivity index (χ4v) is 7.39. The van der Waals surface area contributed by atoms with E-state index >= 15 is 0 Å². The molecule has 2 N–H and O–H groups in total. The van der Waals surface area contributed by atoms with E-state index in [1.54, 1.807) is 29.4 Å². The highest BCUT2D eigenvalue weighted by atomic mass is 32.1. The summed E-state index contributed by atoms with van der Waals surface area (Å²) in [5, 5.41) is 10.2. The van der Waals surface area contributed by atoms with Crippen molar-refractivity contribution in [3.8, 4) is 5.75 Å². The van der Waals surface area contributed by atoms with Gasteiger partial charge in [0.25, 0.3) is 0 Å². The summed E-state index contributed by atoms with van der Waals surface area (Å²) in [6, 6.07) is 8.43. The van der Waals surface area contributed by atoms with Crippen molar-refractivity contribution in [2.24, 2.45) is 5.89 Å². The average Bonchev–Trinajstić information content (AvgIpc) is 3.60. The number of nitrogens with zero attached hydrogens (tertiary/aromatic N) is 3. The standard InChI is InChI=1S/C35H45N5O4S/c41-33(37-23-30-12-7-19-45-30)32-24-39(35(43)44-29-14-13-26-15-16-36-22-27(26)21-29)17-18-40(32)34(42)31(20-25-8-3-1-4-9-25)38-28-10-5-2-6-11-28/h7,12-16,19,21-22,25,28,31-32,38H,1-6,8-11,17-18,20,23-24H2,(H,37,41)/t31-,32-/m0/s1/i25D,28D. The second kappa shape index (κ2) is 15.2. The molecule has 2 aliphatic carbocycles. The predicted molar refractivity (Wildman–Crippen MR) is 176 cm³/mol. The number of nitrogens with one attached hydrogen (secondary N) is 2. The van der Waals surface area contributed by atoms with Crippen LogP contribution in [0.1, 0.15) is 78.2 Å². The molecule has 2 atom stereocenters. The Morgan fingerprint density at radius 2 is 1.80 bits per heavy atom. The number of amides is 3. The minimum Gasteiger partial charge on any atom is -0.410 e. The number of piperazine rings is 1.